The third kappa shape index (κ3) is 3.99. The molecule has 1 unspecified atom stereocenters. The summed E-state index contributed by atoms with van der Waals surface area (Å²) in [5.74, 6) is -0.181. The molecule has 0 saturated carbocycles. The van der Waals surface area contributed by atoms with Crippen molar-refractivity contribution in [1.29, 1.82) is 0 Å². The predicted molar refractivity (Wildman–Crippen MR) is 87.1 cm³/mol. The fourth-order valence-corrected chi connectivity index (χ4v) is 3.01. The Morgan fingerprint density at radius 1 is 1.36 bits per heavy atom. The van der Waals surface area contributed by atoms with Crippen LogP contribution < -0.4 is 10.6 Å². The molecule has 1 saturated heterocycles. The summed E-state index contributed by atoms with van der Waals surface area (Å²) in [6, 6.07) is 7.57. The molecule has 3 N–H and O–H groups in total. The Morgan fingerprint density at radius 3 is 2.68 bits per heavy atom. The van der Waals surface area contributed by atoms with Gasteiger partial charge >= 0.3 is 0 Å². The lowest BCUT2D eigenvalue weighted by atomic mass is 9.94. The van der Waals surface area contributed by atoms with Gasteiger partial charge in [-0.1, -0.05) is 6.07 Å². The fraction of sp³-hybridized carbons (Fsp3) is 0.588. The Labute approximate surface area is 132 Å². The van der Waals surface area contributed by atoms with Gasteiger partial charge in [-0.3, -0.25) is 4.79 Å². The van der Waals surface area contributed by atoms with E-state index in [1.807, 2.05) is 18.2 Å². The lowest BCUT2D eigenvalue weighted by Crippen LogP contribution is -2.38. The van der Waals surface area contributed by atoms with Gasteiger partial charge < -0.3 is 20.5 Å². The Kier molecular flexibility index (Phi) is 4.78. The van der Waals surface area contributed by atoms with E-state index in [0.717, 1.165) is 12.1 Å². The summed E-state index contributed by atoms with van der Waals surface area (Å²) in [5, 5.41) is 14.9. The highest BCUT2D eigenvalue weighted by Crippen LogP contribution is 2.38. The average molecular weight is 306 g/mol. The third-order valence-electron chi connectivity index (χ3n) is 3.94. The Balaban J connectivity index is 2.09. The molecule has 0 aromatic heterocycles. The molecule has 1 aliphatic rings. The molecule has 2 rings (SSSR count). The van der Waals surface area contributed by atoms with Crippen LogP contribution in [0, 0.1) is 0 Å². The van der Waals surface area contributed by atoms with Crippen molar-refractivity contribution < 1.29 is 14.6 Å². The molecule has 122 valence electrons. The summed E-state index contributed by atoms with van der Waals surface area (Å²) in [7, 11) is 0. The molecule has 22 heavy (non-hydrogen) atoms. The number of rotatable bonds is 5. The largest absolute Gasteiger partial charge is 0.395 e. The number of hydrogen-bond acceptors (Lipinski definition) is 4. The van der Waals surface area contributed by atoms with Gasteiger partial charge in [-0.2, -0.15) is 0 Å². The minimum Gasteiger partial charge on any atom is -0.395 e. The first-order valence-corrected chi connectivity index (χ1v) is 7.69. The summed E-state index contributed by atoms with van der Waals surface area (Å²) in [6.45, 7) is 8.54. The maximum absolute atomic E-state index is 11.9. The second kappa shape index (κ2) is 6.26. The van der Waals surface area contributed by atoms with Crippen LogP contribution in [-0.2, 0) is 4.74 Å². The number of benzene rings is 1. The van der Waals surface area contributed by atoms with Gasteiger partial charge in [0.1, 0.15) is 0 Å². The van der Waals surface area contributed by atoms with Crippen LogP contribution >= 0.6 is 0 Å². The molecule has 1 atom stereocenters. The molecule has 0 bridgehead atoms. The number of aliphatic hydroxyl groups excluding tert-OH is 1. The molecule has 1 aromatic rings. The van der Waals surface area contributed by atoms with Crippen molar-refractivity contribution in [3.05, 3.63) is 29.8 Å². The zero-order valence-electron chi connectivity index (χ0n) is 13.8. The van der Waals surface area contributed by atoms with Crippen LogP contribution in [0.5, 0.6) is 0 Å². The molecule has 1 fully saturated rings. The third-order valence-corrected chi connectivity index (χ3v) is 3.94. The highest BCUT2D eigenvalue weighted by molar-refractivity contribution is 5.95. The average Bonchev–Trinajstić information content (AvgIpc) is 2.63. The Hall–Kier alpha value is -1.59. The summed E-state index contributed by atoms with van der Waals surface area (Å²) in [4.78, 5) is 11.9. The minimum absolute atomic E-state index is 0.0631. The van der Waals surface area contributed by atoms with Gasteiger partial charge in [-0.05, 0) is 52.3 Å². The zero-order valence-corrected chi connectivity index (χ0v) is 13.8. The monoisotopic (exact) mass is 306 g/mol. The molecule has 0 radical (unpaired) electrons. The SMILES string of the molecule is CC1(C)CC(Nc2cccc(C(=O)NCCO)c2)C(C)(C)O1. The number of nitrogens with one attached hydrogen (secondary N) is 2. The molecular formula is C17H26N2O3. The van der Waals surface area contributed by atoms with Crippen LogP contribution in [0.2, 0.25) is 0 Å². The zero-order chi connectivity index (χ0) is 16.4. The molecule has 1 aromatic carbocycles. The molecule has 5 heteroatoms. The second-order valence-electron chi connectivity index (χ2n) is 6.93. The van der Waals surface area contributed by atoms with Crippen LogP contribution in [0.25, 0.3) is 0 Å². The fourth-order valence-electron chi connectivity index (χ4n) is 3.01. The van der Waals surface area contributed by atoms with Gasteiger partial charge in [0.05, 0.1) is 23.9 Å². The number of ether oxygens (including phenoxy) is 1. The number of hydrogen-bond donors (Lipinski definition) is 3. The van der Waals surface area contributed by atoms with E-state index in [9.17, 15) is 4.79 Å². The normalized spacial score (nSPS) is 22.3. The number of carbonyl (C=O) groups excluding carboxylic acids is 1. The molecule has 1 heterocycles. The topological polar surface area (TPSA) is 70.6 Å². The van der Waals surface area contributed by atoms with Gasteiger partial charge in [0.2, 0.25) is 0 Å². The Bertz CT molecular complexity index is 540. The van der Waals surface area contributed by atoms with Crippen molar-refractivity contribution in [2.45, 2.75) is 51.4 Å². The van der Waals surface area contributed by atoms with Crippen molar-refractivity contribution in [3.63, 3.8) is 0 Å². The van der Waals surface area contributed by atoms with E-state index >= 15 is 0 Å². The molecule has 0 aliphatic carbocycles. The standard InChI is InChI=1S/C17H26N2O3/c1-16(2)11-14(17(3,4)22-16)19-13-7-5-6-12(10-13)15(21)18-8-9-20/h5-7,10,14,19-20H,8-9,11H2,1-4H3,(H,18,21). The number of carbonyl (C=O) groups is 1. The van der Waals surface area contributed by atoms with Crippen molar-refractivity contribution in [2.24, 2.45) is 0 Å². The summed E-state index contributed by atoms with van der Waals surface area (Å²) >= 11 is 0. The first-order valence-electron chi connectivity index (χ1n) is 7.69. The number of anilines is 1. The quantitative estimate of drug-likeness (QED) is 0.780. The van der Waals surface area contributed by atoms with Crippen LogP contribution in [0.1, 0.15) is 44.5 Å². The molecule has 0 spiro atoms. The van der Waals surface area contributed by atoms with Gasteiger partial charge in [-0.15, -0.1) is 0 Å². The summed E-state index contributed by atoms with van der Waals surface area (Å²) in [5.41, 5.74) is 1.06. The van der Waals surface area contributed by atoms with Crippen molar-refractivity contribution in [3.8, 4) is 0 Å². The maximum Gasteiger partial charge on any atom is 0.251 e. The van der Waals surface area contributed by atoms with Gasteiger partial charge in [0, 0.05) is 17.8 Å². The van der Waals surface area contributed by atoms with Crippen LogP contribution in [0.3, 0.4) is 0 Å². The highest BCUT2D eigenvalue weighted by atomic mass is 16.5. The molecule has 1 aliphatic heterocycles. The number of aliphatic hydroxyl groups is 1. The van der Waals surface area contributed by atoms with Gasteiger partial charge in [0.15, 0.2) is 0 Å². The maximum atomic E-state index is 11.9. The van der Waals surface area contributed by atoms with Crippen molar-refractivity contribution in [2.75, 3.05) is 18.5 Å². The van der Waals surface area contributed by atoms with Crippen molar-refractivity contribution >= 4 is 11.6 Å². The smallest absolute Gasteiger partial charge is 0.251 e. The van der Waals surface area contributed by atoms with E-state index in [1.54, 1.807) is 6.07 Å². The van der Waals surface area contributed by atoms with E-state index in [4.69, 9.17) is 9.84 Å². The lowest BCUT2D eigenvalue weighted by Gasteiger charge is -2.28. The minimum atomic E-state index is -0.265. The lowest BCUT2D eigenvalue weighted by molar-refractivity contribution is -0.0662. The van der Waals surface area contributed by atoms with Gasteiger partial charge in [0.25, 0.3) is 5.91 Å². The number of amides is 1. The first-order chi connectivity index (χ1) is 10.2. The van der Waals surface area contributed by atoms with Crippen molar-refractivity contribution in [1.82, 2.24) is 5.32 Å². The molecular weight excluding hydrogens is 280 g/mol. The van der Waals surface area contributed by atoms with Gasteiger partial charge in [-0.25, -0.2) is 0 Å². The van der Waals surface area contributed by atoms with E-state index < -0.39 is 0 Å². The van der Waals surface area contributed by atoms with E-state index in [-0.39, 0.29) is 36.3 Å². The van der Waals surface area contributed by atoms with Crippen LogP contribution in [-0.4, -0.2) is 41.4 Å². The van der Waals surface area contributed by atoms with E-state index in [1.165, 1.54) is 0 Å². The molecule has 5 nitrogen and oxygen atoms in total. The molecule has 1 amide bonds. The summed E-state index contributed by atoms with van der Waals surface area (Å²) < 4.78 is 6.08. The highest BCUT2D eigenvalue weighted by Gasteiger charge is 2.45. The predicted octanol–water partition coefficient (Wildman–Crippen LogP) is 2.17. The van der Waals surface area contributed by atoms with Crippen LogP contribution in [0.15, 0.2) is 24.3 Å². The van der Waals surface area contributed by atoms with E-state index in [2.05, 4.69) is 38.3 Å². The van der Waals surface area contributed by atoms with Crippen LogP contribution in [0.4, 0.5) is 5.69 Å². The Morgan fingerprint density at radius 2 is 2.09 bits per heavy atom. The summed E-state index contributed by atoms with van der Waals surface area (Å²) in [6.07, 6.45) is 0.904. The first kappa shape index (κ1) is 16.8. The second-order valence-corrected chi connectivity index (χ2v) is 6.93. The van der Waals surface area contributed by atoms with E-state index in [0.29, 0.717) is 5.56 Å².